The third-order valence-electron chi connectivity index (χ3n) is 2.87. The molecule has 2 aromatic heterocycles. The summed E-state index contributed by atoms with van der Waals surface area (Å²) in [6.07, 6.45) is 3.82. The predicted octanol–water partition coefficient (Wildman–Crippen LogP) is 1.67. The Hall–Kier alpha value is -1.59. The lowest BCUT2D eigenvalue weighted by atomic mass is 10.0. The van der Waals surface area contributed by atoms with Crippen molar-refractivity contribution in [3.63, 3.8) is 0 Å². The van der Waals surface area contributed by atoms with Crippen LogP contribution in [0.25, 0.3) is 0 Å². The summed E-state index contributed by atoms with van der Waals surface area (Å²) in [6.45, 7) is 6.77. The minimum absolute atomic E-state index is 0.0762. The van der Waals surface area contributed by atoms with Crippen LogP contribution in [0, 0.1) is 13.8 Å². The van der Waals surface area contributed by atoms with Gasteiger partial charge in [0, 0.05) is 23.9 Å². The van der Waals surface area contributed by atoms with E-state index in [0.717, 1.165) is 29.2 Å². The Kier molecular flexibility index (Phi) is 3.31. The monoisotopic (exact) mass is 234 g/mol. The van der Waals surface area contributed by atoms with E-state index in [0.29, 0.717) is 0 Å². The SMILES string of the molecule is CCn1cc(C(NN)c2cc(C)oc2C)cn1. The van der Waals surface area contributed by atoms with Crippen molar-refractivity contribution in [3.05, 3.63) is 41.1 Å². The molecule has 0 fully saturated rings. The van der Waals surface area contributed by atoms with E-state index >= 15 is 0 Å². The fourth-order valence-corrected chi connectivity index (χ4v) is 2.00. The number of hydrogen-bond acceptors (Lipinski definition) is 4. The van der Waals surface area contributed by atoms with Gasteiger partial charge in [-0.25, -0.2) is 5.43 Å². The second kappa shape index (κ2) is 4.73. The van der Waals surface area contributed by atoms with Crippen LogP contribution in [0.15, 0.2) is 22.9 Å². The lowest BCUT2D eigenvalue weighted by molar-refractivity contribution is 0.495. The molecule has 0 bridgehead atoms. The number of hydrazine groups is 1. The predicted molar refractivity (Wildman–Crippen MR) is 65.2 cm³/mol. The molecule has 1 atom stereocenters. The van der Waals surface area contributed by atoms with Gasteiger partial charge in [0.1, 0.15) is 11.5 Å². The Morgan fingerprint density at radius 2 is 2.29 bits per heavy atom. The molecule has 0 saturated heterocycles. The van der Waals surface area contributed by atoms with Crippen molar-refractivity contribution in [1.82, 2.24) is 15.2 Å². The molecule has 2 aromatic rings. The maximum Gasteiger partial charge on any atom is 0.106 e. The van der Waals surface area contributed by atoms with E-state index in [9.17, 15) is 0 Å². The quantitative estimate of drug-likeness (QED) is 0.623. The van der Waals surface area contributed by atoms with Gasteiger partial charge in [0.2, 0.25) is 0 Å². The second-order valence-electron chi connectivity index (χ2n) is 4.10. The van der Waals surface area contributed by atoms with Gasteiger partial charge in [-0.05, 0) is 26.8 Å². The third-order valence-corrected chi connectivity index (χ3v) is 2.87. The molecule has 0 aromatic carbocycles. The Bertz CT molecular complexity index is 500. The van der Waals surface area contributed by atoms with E-state index in [1.165, 1.54) is 0 Å². The van der Waals surface area contributed by atoms with Gasteiger partial charge in [-0.1, -0.05) is 0 Å². The van der Waals surface area contributed by atoms with Crippen LogP contribution in [0.5, 0.6) is 0 Å². The van der Waals surface area contributed by atoms with Crippen LogP contribution in [0.1, 0.15) is 35.6 Å². The van der Waals surface area contributed by atoms with Crippen molar-refractivity contribution >= 4 is 0 Å². The van der Waals surface area contributed by atoms with Crippen molar-refractivity contribution in [2.45, 2.75) is 33.4 Å². The maximum atomic E-state index is 5.64. The van der Waals surface area contributed by atoms with Gasteiger partial charge in [-0.2, -0.15) is 5.10 Å². The highest BCUT2D eigenvalue weighted by Crippen LogP contribution is 2.26. The maximum absolute atomic E-state index is 5.64. The van der Waals surface area contributed by atoms with E-state index in [2.05, 4.69) is 17.4 Å². The van der Waals surface area contributed by atoms with Crippen LogP contribution in [-0.2, 0) is 6.54 Å². The van der Waals surface area contributed by atoms with Crippen molar-refractivity contribution in [1.29, 1.82) is 0 Å². The fourth-order valence-electron chi connectivity index (χ4n) is 2.00. The molecule has 92 valence electrons. The van der Waals surface area contributed by atoms with E-state index in [1.54, 1.807) is 0 Å². The Morgan fingerprint density at radius 3 is 2.76 bits per heavy atom. The van der Waals surface area contributed by atoms with Crippen molar-refractivity contribution < 1.29 is 4.42 Å². The summed E-state index contributed by atoms with van der Waals surface area (Å²) < 4.78 is 7.41. The van der Waals surface area contributed by atoms with Crippen LogP contribution in [0.2, 0.25) is 0 Å². The number of nitrogens with two attached hydrogens (primary N) is 1. The van der Waals surface area contributed by atoms with Crippen LogP contribution < -0.4 is 11.3 Å². The summed E-state index contributed by atoms with van der Waals surface area (Å²) in [4.78, 5) is 0. The van der Waals surface area contributed by atoms with Crippen LogP contribution >= 0.6 is 0 Å². The zero-order valence-corrected chi connectivity index (χ0v) is 10.4. The number of rotatable bonds is 4. The summed E-state index contributed by atoms with van der Waals surface area (Å²) >= 11 is 0. The van der Waals surface area contributed by atoms with Crippen molar-refractivity contribution in [3.8, 4) is 0 Å². The Balaban J connectivity index is 2.36. The minimum atomic E-state index is -0.0762. The Morgan fingerprint density at radius 1 is 1.53 bits per heavy atom. The van der Waals surface area contributed by atoms with Crippen LogP contribution in [0.4, 0.5) is 0 Å². The molecule has 2 heterocycles. The Labute approximate surface area is 101 Å². The van der Waals surface area contributed by atoms with Gasteiger partial charge < -0.3 is 4.42 Å². The number of furan rings is 1. The van der Waals surface area contributed by atoms with Crippen molar-refractivity contribution in [2.24, 2.45) is 5.84 Å². The highest BCUT2D eigenvalue weighted by molar-refractivity contribution is 5.32. The van der Waals surface area contributed by atoms with Crippen LogP contribution in [-0.4, -0.2) is 9.78 Å². The molecule has 0 aliphatic carbocycles. The number of hydrogen-bond donors (Lipinski definition) is 2. The first-order valence-electron chi connectivity index (χ1n) is 5.71. The molecule has 3 N–H and O–H groups in total. The molecule has 1 unspecified atom stereocenters. The molecule has 5 nitrogen and oxygen atoms in total. The highest BCUT2D eigenvalue weighted by Gasteiger charge is 2.19. The first kappa shape index (κ1) is 11.9. The molecular weight excluding hydrogens is 216 g/mol. The zero-order valence-electron chi connectivity index (χ0n) is 10.4. The van der Waals surface area contributed by atoms with Gasteiger partial charge in [0.15, 0.2) is 0 Å². The van der Waals surface area contributed by atoms with Gasteiger partial charge in [-0.3, -0.25) is 10.5 Å². The summed E-state index contributed by atoms with van der Waals surface area (Å²) in [7, 11) is 0. The van der Waals surface area contributed by atoms with Gasteiger partial charge in [-0.15, -0.1) is 0 Å². The molecule has 0 aliphatic rings. The number of aryl methyl sites for hydroxylation is 3. The molecule has 0 amide bonds. The second-order valence-corrected chi connectivity index (χ2v) is 4.10. The molecule has 2 rings (SSSR count). The molecule has 5 heteroatoms. The molecule has 0 saturated carbocycles. The first-order valence-corrected chi connectivity index (χ1v) is 5.71. The minimum Gasteiger partial charge on any atom is -0.466 e. The molecule has 0 spiro atoms. The van der Waals surface area contributed by atoms with Crippen molar-refractivity contribution in [2.75, 3.05) is 0 Å². The topological polar surface area (TPSA) is 69.0 Å². The number of aromatic nitrogens is 2. The number of nitrogens with one attached hydrogen (secondary N) is 1. The molecule has 0 aliphatic heterocycles. The fraction of sp³-hybridized carbons (Fsp3) is 0.417. The van der Waals surface area contributed by atoms with Gasteiger partial charge in [0.25, 0.3) is 0 Å². The largest absolute Gasteiger partial charge is 0.466 e. The molecule has 0 radical (unpaired) electrons. The first-order chi connectivity index (χ1) is 8.15. The lowest BCUT2D eigenvalue weighted by Crippen LogP contribution is -2.28. The van der Waals surface area contributed by atoms with Gasteiger partial charge >= 0.3 is 0 Å². The van der Waals surface area contributed by atoms with Crippen LogP contribution in [0.3, 0.4) is 0 Å². The average Bonchev–Trinajstić information content (AvgIpc) is 2.88. The summed E-state index contributed by atoms with van der Waals surface area (Å²) in [5.41, 5.74) is 4.91. The normalized spacial score (nSPS) is 12.9. The highest BCUT2D eigenvalue weighted by atomic mass is 16.3. The van der Waals surface area contributed by atoms with E-state index < -0.39 is 0 Å². The van der Waals surface area contributed by atoms with E-state index in [1.807, 2.05) is 37.0 Å². The summed E-state index contributed by atoms with van der Waals surface area (Å²) in [5, 5.41) is 4.26. The molecule has 17 heavy (non-hydrogen) atoms. The number of nitrogens with zero attached hydrogens (tertiary/aromatic N) is 2. The summed E-state index contributed by atoms with van der Waals surface area (Å²) in [5.74, 6) is 7.41. The lowest BCUT2D eigenvalue weighted by Gasteiger charge is -2.12. The zero-order chi connectivity index (χ0) is 12.4. The standard InChI is InChI=1S/C12H18N4O/c1-4-16-7-10(6-14-16)12(15-13)11-5-8(2)17-9(11)3/h5-7,12,15H,4,13H2,1-3H3. The smallest absolute Gasteiger partial charge is 0.106 e. The average molecular weight is 234 g/mol. The molecular formula is C12H18N4O. The van der Waals surface area contributed by atoms with Gasteiger partial charge in [0.05, 0.1) is 12.2 Å². The van der Waals surface area contributed by atoms with E-state index in [4.69, 9.17) is 10.3 Å². The summed E-state index contributed by atoms with van der Waals surface area (Å²) in [6, 6.07) is 1.93. The van der Waals surface area contributed by atoms with E-state index in [-0.39, 0.29) is 6.04 Å². The third kappa shape index (κ3) is 2.25.